The molecule has 0 fully saturated rings. The molecule has 0 radical (unpaired) electrons. The quantitative estimate of drug-likeness (QED) is 0.313. The molecule has 9 nitrogen and oxygen atoms in total. The Kier molecular flexibility index (Phi) is 7.11. The van der Waals surface area contributed by atoms with E-state index in [-0.39, 0.29) is 30.6 Å². The maximum atomic E-state index is 13.6. The number of carbonyl (C=O) groups is 1. The van der Waals surface area contributed by atoms with E-state index < -0.39 is 0 Å². The van der Waals surface area contributed by atoms with Crippen molar-refractivity contribution >= 4 is 27.8 Å². The van der Waals surface area contributed by atoms with Crippen LogP contribution >= 0.6 is 0 Å². The van der Waals surface area contributed by atoms with E-state index in [2.05, 4.69) is 32.6 Å². The highest BCUT2D eigenvalue weighted by atomic mass is 16.5. The summed E-state index contributed by atoms with van der Waals surface area (Å²) in [6, 6.07) is 17.8. The lowest BCUT2D eigenvalue weighted by atomic mass is 10.1. The maximum absolute atomic E-state index is 13.6. The van der Waals surface area contributed by atoms with Gasteiger partial charge in [-0.1, -0.05) is 60.6 Å². The summed E-state index contributed by atoms with van der Waals surface area (Å²) in [5, 5.41) is 7.88. The molecule has 5 aromatic rings. The van der Waals surface area contributed by atoms with Crippen molar-refractivity contribution in [2.75, 3.05) is 0 Å². The van der Waals surface area contributed by atoms with Crippen molar-refractivity contribution in [3.63, 3.8) is 0 Å². The van der Waals surface area contributed by atoms with Crippen molar-refractivity contribution in [3.05, 3.63) is 88.6 Å². The van der Waals surface area contributed by atoms with E-state index >= 15 is 0 Å². The number of hydrogen-bond acceptors (Lipinski definition) is 6. The van der Waals surface area contributed by atoms with Gasteiger partial charge in [-0.2, -0.15) is 4.98 Å². The minimum Gasteiger partial charge on any atom is -0.352 e. The lowest BCUT2D eigenvalue weighted by Gasteiger charge is -2.15. The van der Waals surface area contributed by atoms with Crippen LogP contribution in [0.15, 0.2) is 70.2 Å². The summed E-state index contributed by atoms with van der Waals surface area (Å²) in [6.45, 7) is 4.17. The number of nitrogens with zero attached hydrogens (tertiary/aromatic N) is 5. The largest absolute Gasteiger partial charge is 0.352 e. The summed E-state index contributed by atoms with van der Waals surface area (Å²) < 4.78 is 8.52. The van der Waals surface area contributed by atoms with Crippen molar-refractivity contribution in [2.24, 2.45) is 0 Å². The molecule has 0 saturated carbocycles. The van der Waals surface area contributed by atoms with Crippen LogP contribution in [0.2, 0.25) is 0 Å². The van der Waals surface area contributed by atoms with E-state index in [0.717, 1.165) is 30.2 Å². The summed E-state index contributed by atoms with van der Waals surface area (Å²) >= 11 is 0. The Balaban J connectivity index is 1.40. The second-order valence-electron chi connectivity index (χ2n) is 9.33. The van der Waals surface area contributed by atoms with E-state index in [4.69, 9.17) is 4.52 Å². The molecule has 0 spiro atoms. The van der Waals surface area contributed by atoms with Crippen LogP contribution in [0.1, 0.15) is 44.0 Å². The number of carbonyl (C=O) groups excluding carboxylic acids is 1. The Labute approximate surface area is 214 Å². The fraction of sp³-hybridized carbons (Fsp3) is 0.321. The van der Waals surface area contributed by atoms with Gasteiger partial charge >= 0.3 is 0 Å². The first-order chi connectivity index (χ1) is 18.0. The minimum absolute atomic E-state index is 0.00887. The van der Waals surface area contributed by atoms with Crippen LogP contribution in [0.5, 0.6) is 0 Å². The predicted octanol–water partition coefficient (Wildman–Crippen LogP) is 3.87. The topological polar surface area (TPSA) is 108 Å². The molecule has 0 saturated heterocycles. The van der Waals surface area contributed by atoms with Crippen molar-refractivity contribution in [3.8, 4) is 0 Å². The van der Waals surface area contributed by atoms with Gasteiger partial charge in [0.1, 0.15) is 24.1 Å². The molecule has 3 aromatic heterocycles. The van der Waals surface area contributed by atoms with Crippen LogP contribution in [-0.4, -0.2) is 36.2 Å². The highest BCUT2D eigenvalue weighted by Gasteiger charge is 2.20. The Hall–Kier alpha value is -4.27. The molecule has 0 bridgehead atoms. The van der Waals surface area contributed by atoms with Gasteiger partial charge in [0.05, 0.1) is 11.8 Å². The SMILES string of the molecule is CCCc1noc(Cn2cnc3c4ccccc4n(CC(=O)N[C@@H](C)CCc4ccccc4)c3c2=O)n1. The van der Waals surface area contributed by atoms with Gasteiger partial charge in [-0.25, -0.2) is 4.98 Å². The average molecular weight is 499 g/mol. The Bertz CT molecular complexity index is 1580. The first kappa shape index (κ1) is 24.4. The second kappa shape index (κ2) is 10.8. The van der Waals surface area contributed by atoms with Gasteiger partial charge in [-0.3, -0.25) is 14.2 Å². The molecule has 1 atom stereocenters. The Morgan fingerprint density at radius 3 is 2.68 bits per heavy atom. The summed E-state index contributed by atoms with van der Waals surface area (Å²) in [6.07, 6.45) is 4.81. The molecule has 3 heterocycles. The number of benzene rings is 2. The molecular formula is C28H30N6O3. The van der Waals surface area contributed by atoms with Crippen LogP contribution in [0.4, 0.5) is 0 Å². The first-order valence-electron chi connectivity index (χ1n) is 12.6. The number of amides is 1. The fourth-order valence-electron chi connectivity index (χ4n) is 4.61. The third kappa shape index (κ3) is 5.30. The molecular weight excluding hydrogens is 468 g/mol. The Morgan fingerprint density at radius 2 is 1.86 bits per heavy atom. The predicted molar refractivity (Wildman–Crippen MR) is 141 cm³/mol. The molecule has 0 aliphatic carbocycles. The first-order valence-corrected chi connectivity index (χ1v) is 12.6. The zero-order chi connectivity index (χ0) is 25.8. The van der Waals surface area contributed by atoms with E-state index in [1.54, 1.807) is 4.57 Å². The number of aromatic nitrogens is 5. The third-order valence-electron chi connectivity index (χ3n) is 6.44. The van der Waals surface area contributed by atoms with E-state index in [0.29, 0.717) is 29.2 Å². The zero-order valence-corrected chi connectivity index (χ0v) is 21.1. The van der Waals surface area contributed by atoms with Gasteiger partial charge < -0.3 is 14.4 Å². The standard InChI is InChI=1S/C28H30N6O3/c1-3-9-23-31-25(37-32-23)17-33-18-29-26-21-12-7-8-13-22(21)34(27(26)28(33)36)16-24(35)30-19(2)14-15-20-10-5-4-6-11-20/h4-8,10-13,18-19H,3,9,14-17H2,1-2H3,(H,30,35)/t19-/m0/s1. The molecule has 2 aromatic carbocycles. The summed E-state index contributed by atoms with van der Waals surface area (Å²) in [4.78, 5) is 35.6. The Morgan fingerprint density at radius 1 is 1.08 bits per heavy atom. The van der Waals surface area contributed by atoms with Crippen molar-refractivity contribution in [1.29, 1.82) is 0 Å². The third-order valence-corrected chi connectivity index (χ3v) is 6.44. The van der Waals surface area contributed by atoms with E-state index in [1.807, 2.05) is 56.3 Å². The van der Waals surface area contributed by atoms with Gasteiger partial charge in [0, 0.05) is 17.8 Å². The molecule has 37 heavy (non-hydrogen) atoms. The summed E-state index contributed by atoms with van der Waals surface area (Å²) in [7, 11) is 0. The summed E-state index contributed by atoms with van der Waals surface area (Å²) in [5.74, 6) is 0.810. The van der Waals surface area contributed by atoms with Crippen molar-refractivity contribution < 1.29 is 9.32 Å². The van der Waals surface area contributed by atoms with Crippen LogP contribution < -0.4 is 10.9 Å². The molecule has 0 aliphatic heterocycles. The lowest BCUT2D eigenvalue weighted by molar-refractivity contribution is -0.122. The van der Waals surface area contributed by atoms with Gasteiger partial charge in [0.2, 0.25) is 11.8 Å². The van der Waals surface area contributed by atoms with Gasteiger partial charge in [-0.15, -0.1) is 0 Å². The fourth-order valence-corrected chi connectivity index (χ4v) is 4.61. The number of aryl methyl sites for hydroxylation is 2. The summed E-state index contributed by atoms with van der Waals surface area (Å²) in [5.41, 5.74) is 2.71. The molecule has 9 heteroatoms. The molecule has 0 aliphatic rings. The molecule has 5 rings (SSSR count). The molecule has 1 N–H and O–H groups in total. The highest BCUT2D eigenvalue weighted by Crippen LogP contribution is 2.25. The maximum Gasteiger partial charge on any atom is 0.278 e. The van der Waals surface area contributed by atoms with Gasteiger partial charge in [-0.05, 0) is 37.8 Å². The minimum atomic E-state index is -0.263. The smallest absolute Gasteiger partial charge is 0.278 e. The van der Waals surface area contributed by atoms with Crippen LogP contribution in [-0.2, 0) is 30.7 Å². The van der Waals surface area contributed by atoms with Gasteiger partial charge in [0.15, 0.2) is 5.82 Å². The normalized spacial score (nSPS) is 12.3. The molecule has 190 valence electrons. The van der Waals surface area contributed by atoms with Crippen molar-refractivity contribution in [2.45, 2.75) is 58.7 Å². The zero-order valence-electron chi connectivity index (χ0n) is 21.1. The monoisotopic (exact) mass is 498 g/mol. The lowest BCUT2D eigenvalue weighted by Crippen LogP contribution is -2.36. The average Bonchev–Trinajstić information content (AvgIpc) is 3.48. The number of nitrogens with one attached hydrogen (secondary N) is 1. The molecule has 0 unspecified atom stereocenters. The van der Waals surface area contributed by atoms with Crippen molar-refractivity contribution in [1.82, 2.24) is 29.6 Å². The van der Waals surface area contributed by atoms with Gasteiger partial charge in [0.25, 0.3) is 5.56 Å². The number of rotatable bonds is 10. The number of para-hydroxylation sites is 1. The van der Waals surface area contributed by atoms with Crippen LogP contribution in [0.3, 0.4) is 0 Å². The number of hydrogen-bond donors (Lipinski definition) is 1. The molecule has 1 amide bonds. The second-order valence-corrected chi connectivity index (χ2v) is 9.33. The highest BCUT2D eigenvalue weighted by molar-refractivity contribution is 6.06. The van der Waals surface area contributed by atoms with E-state index in [1.165, 1.54) is 16.5 Å². The van der Waals surface area contributed by atoms with E-state index in [9.17, 15) is 9.59 Å². The van der Waals surface area contributed by atoms with Crippen LogP contribution in [0, 0.1) is 0 Å². The van der Waals surface area contributed by atoms with Crippen LogP contribution in [0.25, 0.3) is 21.9 Å². The number of fused-ring (bicyclic) bond motifs is 3.